The van der Waals surface area contributed by atoms with Gasteiger partial charge in [0, 0.05) is 24.3 Å². The fourth-order valence-corrected chi connectivity index (χ4v) is 5.39. The summed E-state index contributed by atoms with van der Waals surface area (Å²) in [5, 5.41) is 14.7. The fraction of sp³-hybridized carbons (Fsp3) is 0.320. The van der Waals surface area contributed by atoms with Gasteiger partial charge in [0.1, 0.15) is 15.9 Å². The summed E-state index contributed by atoms with van der Waals surface area (Å²) in [6.07, 6.45) is 1.83. The lowest BCUT2D eigenvalue weighted by molar-refractivity contribution is 0.213. The summed E-state index contributed by atoms with van der Waals surface area (Å²) < 4.78 is 51.1. The van der Waals surface area contributed by atoms with Gasteiger partial charge in [0.25, 0.3) is 0 Å². The zero-order valence-corrected chi connectivity index (χ0v) is 22.1. The van der Waals surface area contributed by atoms with Crippen molar-refractivity contribution in [2.75, 3.05) is 24.6 Å². The van der Waals surface area contributed by atoms with Crippen LogP contribution in [0.25, 0.3) is 11.1 Å². The molecule has 3 N–H and O–H groups in total. The van der Waals surface area contributed by atoms with Gasteiger partial charge in [-0.1, -0.05) is 50.7 Å². The Morgan fingerprint density at radius 3 is 2.31 bits per heavy atom. The van der Waals surface area contributed by atoms with Crippen molar-refractivity contribution in [3.05, 3.63) is 75.5 Å². The molecule has 0 aliphatic carbocycles. The van der Waals surface area contributed by atoms with Gasteiger partial charge in [-0.25, -0.2) is 27.1 Å². The maximum Gasteiger partial charge on any atom is 0.329 e. The summed E-state index contributed by atoms with van der Waals surface area (Å²) >= 11 is 0.708. The largest absolute Gasteiger partial charge is 0.392 e. The molecule has 0 saturated carbocycles. The number of rotatable bonds is 7. The number of carbonyl (C=O) groups excluding carboxylic acids is 1. The SMILES string of the molecule is C=C(S/C(=C(\C)CO)S(N)(=O)=O)N1CCCN(c2ccc(-c3cc(F)ccc3F)cc2)C1=O.CCC. The Morgan fingerprint density at radius 1 is 1.14 bits per heavy atom. The van der Waals surface area contributed by atoms with Crippen LogP contribution in [0.5, 0.6) is 0 Å². The van der Waals surface area contributed by atoms with Crippen LogP contribution in [0.2, 0.25) is 0 Å². The van der Waals surface area contributed by atoms with E-state index in [4.69, 9.17) is 5.14 Å². The Labute approximate surface area is 215 Å². The number of hydrogen-bond acceptors (Lipinski definition) is 5. The molecule has 7 nitrogen and oxygen atoms in total. The highest BCUT2D eigenvalue weighted by Crippen LogP contribution is 2.35. The molecule has 196 valence electrons. The molecule has 2 aromatic carbocycles. The van der Waals surface area contributed by atoms with Crippen LogP contribution >= 0.6 is 11.8 Å². The number of carbonyl (C=O) groups is 1. The second-order valence-electron chi connectivity index (χ2n) is 8.08. The van der Waals surface area contributed by atoms with Crippen LogP contribution in [0.15, 0.2) is 63.9 Å². The van der Waals surface area contributed by atoms with E-state index in [1.165, 1.54) is 23.1 Å². The molecule has 1 heterocycles. The van der Waals surface area contributed by atoms with E-state index in [2.05, 4.69) is 20.4 Å². The summed E-state index contributed by atoms with van der Waals surface area (Å²) in [5.74, 6) is -1.12. The van der Waals surface area contributed by atoms with Gasteiger partial charge in [-0.2, -0.15) is 0 Å². The minimum atomic E-state index is -4.12. The van der Waals surface area contributed by atoms with Crippen molar-refractivity contribution in [3.63, 3.8) is 0 Å². The third-order valence-electron chi connectivity index (χ3n) is 5.00. The molecule has 0 aromatic heterocycles. The summed E-state index contributed by atoms with van der Waals surface area (Å²) in [4.78, 5) is 15.9. The minimum absolute atomic E-state index is 0.111. The van der Waals surface area contributed by atoms with E-state index in [0.717, 1.165) is 18.2 Å². The molecule has 1 aliphatic rings. The molecule has 0 bridgehead atoms. The number of aliphatic hydroxyl groups is 1. The zero-order chi connectivity index (χ0) is 27.0. The lowest BCUT2D eigenvalue weighted by Gasteiger charge is -2.36. The van der Waals surface area contributed by atoms with Gasteiger partial charge in [0.2, 0.25) is 10.0 Å². The lowest BCUT2D eigenvalue weighted by Crippen LogP contribution is -2.48. The molecule has 1 saturated heterocycles. The maximum absolute atomic E-state index is 14.1. The minimum Gasteiger partial charge on any atom is -0.392 e. The first-order valence-electron chi connectivity index (χ1n) is 11.3. The average Bonchev–Trinajstić information content (AvgIpc) is 2.83. The fourth-order valence-electron chi connectivity index (χ4n) is 3.35. The van der Waals surface area contributed by atoms with E-state index in [9.17, 15) is 27.1 Å². The molecule has 0 radical (unpaired) electrons. The molecule has 3 rings (SSSR count). The number of aliphatic hydroxyl groups excluding tert-OH is 1. The molecular formula is C25H31F2N3O4S2. The smallest absolute Gasteiger partial charge is 0.329 e. The van der Waals surface area contributed by atoms with Gasteiger partial charge in [-0.05, 0) is 54.8 Å². The monoisotopic (exact) mass is 539 g/mol. The molecular weight excluding hydrogens is 508 g/mol. The molecule has 1 aliphatic heterocycles. The van der Waals surface area contributed by atoms with Crippen molar-refractivity contribution in [1.29, 1.82) is 0 Å². The number of amides is 2. The van der Waals surface area contributed by atoms with Gasteiger partial charge in [0.05, 0.1) is 11.6 Å². The third-order valence-corrected chi connectivity index (χ3v) is 7.80. The maximum atomic E-state index is 14.1. The van der Waals surface area contributed by atoms with E-state index in [1.54, 1.807) is 24.3 Å². The number of nitrogens with zero attached hydrogens (tertiary/aromatic N) is 2. The highest BCUT2D eigenvalue weighted by atomic mass is 32.3. The first kappa shape index (κ1) is 29.5. The molecule has 11 heteroatoms. The third kappa shape index (κ3) is 7.39. The summed E-state index contributed by atoms with van der Waals surface area (Å²) in [5.41, 5.74) is 1.25. The van der Waals surface area contributed by atoms with E-state index in [1.807, 2.05) is 0 Å². The van der Waals surface area contributed by atoms with E-state index >= 15 is 0 Å². The van der Waals surface area contributed by atoms with Crippen molar-refractivity contribution in [3.8, 4) is 11.1 Å². The Kier molecular flexibility index (Phi) is 10.7. The highest BCUT2D eigenvalue weighted by Gasteiger charge is 2.30. The molecule has 1 fully saturated rings. The predicted octanol–water partition coefficient (Wildman–Crippen LogP) is 5.40. The molecule has 0 spiro atoms. The van der Waals surface area contributed by atoms with Crippen LogP contribution in [-0.4, -0.2) is 44.2 Å². The van der Waals surface area contributed by atoms with Gasteiger partial charge >= 0.3 is 6.03 Å². The van der Waals surface area contributed by atoms with Gasteiger partial charge in [0.15, 0.2) is 0 Å². The van der Waals surface area contributed by atoms with Crippen LogP contribution < -0.4 is 10.0 Å². The summed E-state index contributed by atoms with van der Waals surface area (Å²) in [6.45, 7) is 9.73. The number of hydrogen-bond donors (Lipinski definition) is 2. The number of halogens is 2. The molecule has 2 aromatic rings. The normalized spacial score (nSPS) is 14.7. The van der Waals surface area contributed by atoms with Crippen LogP contribution in [0.4, 0.5) is 19.3 Å². The quantitative estimate of drug-likeness (QED) is 0.491. The summed E-state index contributed by atoms with van der Waals surface area (Å²) in [6, 6.07) is 9.22. The average molecular weight is 540 g/mol. The molecule has 0 unspecified atom stereocenters. The van der Waals surface area contributed by atoms with E-state index in [-0.39, 0.29) is 20.4 Å². The standard InChI is InChI=1S/C22H23F2N3O4S2.C3H8/c1-14(13-28)21(33(25,30)31)32-15(2)26-10-3-11-27(22(26)29)18-7-4-16(5-8-18)19-12-17(23)6-9-20(19)24;1-3-2/h4-9,12,28H,2-3,10-11,13H2,1H3,(H2,25,30,31);3H2,1-2H3/b21-14-;. The first-order valence-corrected chi connectivity index (χ1v) is 13.7. The van der Waals surface area contributed by atoms with E-state index < -0.39 is 34.3 Å². The zero-order valence-electron chi connectivity index (χ0n) is 20.5. The van der Waals surface area contributed by atoms with Crippen molar-refractivity contribution >= 4 is 33.5 Å². The number of urea groups is 1. The van der Waals surface area contributed by atoms with E-state index in [0.29, 0.717) is 42.5 Å². The number of anilines is 1. The lowest BCUT2D eigenvalue weighted by atomic mass is 10.0. The second-order valence-corrected chi connectivity index (χ2v) is 10.9. The van der Waals surface area contributed by atoms with Crippen LogP contribution in [0.1, 0.15) is 33.6 Å². The predicted molar refractivity (Wildman–Crippen MR) is 141 cm³/mol. The van der Waals surface area contributed by atoms with Gasteiger partial charge < -0.3 is 5.11 Å². The molecule has 0 atom stereocenters. The van der Waals surface area contributed by atoms with Crippen LogP contribution in [0, 0.1) is 11.6 Å². The number of thioether (sulfide) groups is 1. The number of nitrogens with two attached hydrogens (primary N) is 1. The van der Waals surface area contributed by atoms with Gasteiger partial charge in [-0.3, -0.25) is 9.80 Å². The number of benzene rings is 2. The van der Waals surface area contributed by atoms with Crippen molar-refractivity contribution in [2.24, 2.45) is 5.14 Å². The molecule has 2 amide bonds. The Hall–Kier alpha value is -2.73. The Balaban J connectivity index is 0.00000145. The Bertz CT molecular complexity index is 1230. The Morgan fingerprint density at radius 2 is 1.75 bits per heavy atom. The summed E-state index contributed by atoms with van der Waals surface area (Å²) in [7, 11) is -4.12. The highest BCUT2D eigenvalue weighted by molar-refractivity contribution is 8.20. The first-order chi connectivity index (χ1) is 16.9. The van der Waals surface area contributed by atoms with Crippen LogP contribution in [0.3, 0.4) is 0 Å². The van der Waals surface area contributed by atoms with Crippen molar-refractivity contribution < 1.29 is 27.1 Å². The van der Waals surface area contributed by atoms with Crippen molar-refractivity contribution in [2.45, 2.75) is 33.6 Å². The number of primary sulfonamides is 1. The van der Waals surface area contributed by atoms with Gasteiger partial charge in [-0.15, -0.1) is 0 Å². The topological polar surface area (TPSA) is 104 Å². The van der Waals surface area contributed by atoms with Crippen molar-refractivity contribution in [1.82, 2.24) is 4.90 Å². The second kappa shape index (κ2) is 13.0. The molecule has 36 heavy (non-hydrogen) atoms. The number of sulfonamides is 1. The van der Waals surface area contributed by atoms with Crippen LogP contribution in [-0.2, 0) is 10.0 Å².